The quantitative estimate of drug-likeness (QED) is 0.899. The third-order valence-corrected chi connectivity index (χ3v) is 3.66. The molecule has 4 nitrogen and oxygen atoms in total. The van der Waals surface area contributed by atoms with Crippen LogP contribution in [0.1, 0.15) is 5.56 Å². The fraction of sp³-hybridized carbons (Fsp3) is 0.312. The van der Waals surface area contributed by atoms with Crippen LogP contribution in [0.15, 0.2) is 54.3 Å². The molecule has 1 atom stereocenters. The molecule has 1 N–H and O–H groups in total. The van der Waals surface area contributed by atoms with Gasteiger partial charge in [-0.25, -0.2) is 0 Å². The average Bonchev–Trinajstić information content (AvgIpc) is 2.47. The van der Waals surface area contributed by atoms with Crippen LogP contribution in [-0.2, 0) is 16.0 Å². The van der Waals surface area contributed by atoms with E-state index >= 15 is 0 Å². The Morgan fingerprint density at radius 1 is 1.30 bits per heavy atom. The summed E-state index contributed by atoms with van der Waals surface area (Å²) in [6.07, 6.45) is 5.11. The standard InChI is InChI=1S/C16H17NO3/c18-14-6-8-16(19)15(12-14)17(10-11-20-16)9-7-13-4-2-1-3-5-13/h1-6,8,12,19H,7,9-11H2. The zero-order valence-electron chi connectivity index (χ0n) is 11.2. The molecular formula is C16H17NO3. The van der Waals surface area contributed by atoms with Crippen LogP contribution < -0.4 is 0 Å². The van der Waals surface area contributed by atoms with Crippen LogP contribution in [0, 0.1) is 0 Å². The highest BCUT2D eigenvalue weighted by molar-refractivity contribution is 6.01. The molecule has 3 rings (SSSR count). The van der Waals surface area contributed by atoms with Crippen molar-refractivity contribution in [3.63, 3.8) is 0 Å². The predicted molar refractivity (Wildman–Crippen MR) is 74.9 cm³/mol. The van der Waals surface area contributed by atoms with Gasteiger partial charge in [-0.05, 0) is 24.1 Å². The molecule has 0 bridgehead atoms. The number of aliphatic hydroxyl groups is 1. The van der Waals surface area contributed by atoms with Gasteiger partial charge in [-0.15, -0.1) is 0 Å². The Morgan fingerprint density at radius 2 is 2.10 bits per heavy atom. The van der Waals surface area contributed by atoms with Gasteiger partial charge >= 0.3 is 0 Å². The van der Waals surface area contributed by atoms with Crippen LogP contribution in [-0.4, -0.2) is 41.3 Å². The molecule has 1 aliphatic heterocycles. The zero-order valence-corrected chi connectivity index (χ0v) is 11.2. The Kier molecular flexibility index (Phi) is 3.42. The number of carbonyl (C=O) groups excluding carboxylic acids is 1. The van der Waals surface area contributed by atoms with Crippen LogP contribution in [0.25, 0.3) is 0 Å². The number of hydrogen-bond donors (Lipinski definition) is 1. The van der Waals surface area contributed by atoms with Crippen molar-refractivity contribution in [2.75, 3.05) is 19.7 Å². The van der Waals surface area contributed by atoms with Gasteiger partial charge in [0, 0.05) is 19.2 Å². The average molecular weight is 271 g/mol. The molecule has 0 spiro atoms. The third-order valence-electron chi connectivity index (χ3n) is 3.66. The third kappa shape index (κ3) is 2.53. The number of rotatable bonds is 3. The first kappa shape index (κ1) is 13.1. The Morgan fingerprint density at radius 3 is 2.90 bits per heavy atom. The summed E-state index contributed by atoms with van der Waals surface area (Å²) in [5.41, 5.74) is 1.79. The zero-order chi connectivity index (χ0) is 14.0. The fourth-order valence-corrected chi connectivity index (χ4v) is 2.58. The molecule has 2 aliphatic rings. The molecule has 104 valence electrons. The molecular weight excluding hydrogens is 254 g/mol. The summed E-state index contributed by atoms with van der Waals surface area (Å²) in [5.74, 6) is -1.55. The van der Waals surface area contributed by atoms with E-state index < -0.39 is 5.79 Å². The molecule has 0 aromatic heterocycles. The summed E-state index contributed by atoms with van der Waals surface area (Å²) < 4.78 is 5.41. The van der Waals surface area contributed by atoms with Crippen molar-refractivity contribution >= 4 is 5.78 Å². The molecule has 1 fully saturated rings. The van der Waals surface area contributed by atoms with Crippen LogP contribution in [0.2, 0.25) is 0 Å². The van der Waals surface area contributed by atoms with Gasteiger partial charge in [-0.2, -0.15) is 0 Å². The molecule has 1 saturated heterocycles. The minimum atomic E-state index is -1.44. The first-order chi connectivity index (χ1) is 9.67. The maximum Gasteiger partial charge on any atom is 0.228 e. The number of carbonyl (C=O) groups is 1. The van der Waals surface area contributed by atoms with Gasteiger partial charge in [0.15, 0.2) is 5.78 Å². The first-order valence-corrected chi connectivity index (χ1v) is 6.78. The summed E-state index contributed by atoms with van der Waals surface area (Å²) in [6, 6.07) is 10.2. The number of benzene rings is 1. The summed E-state index contributed by atoms with van der Waals surface area (Å²) in [7, 11) is 0. The minimum absolute atomic E-state index is 0.111. The second-order valence-corrected chi connectivity index (χ2v) is 5.03. The number of fused-ring (bicyclic) bond motifs is 1. The van der Waals surface area contributed by atoms with E-state index in [2.05, 4.69) is 12.1 Å². The van der Waals surface area contributed by atoms with Gasteiger partial charge in [0.25, 0.3) is 0 Å². The van der Waals surface area contributed by atoms with Gasteiger partial charge in [0.2, 0.25) is 5.79 Å². The topological polar surface area (TPSA) is 49.8 Å². The summed E-state index contributed by atoms with van der Waals surface area (Å²) in [5, 5.41) is 10.4. The first-order valence-electron chi connectivity index (χ1n) is 6.78. The lowest BCUT2D eigenvalue weighted by Gasteiger charge is -2.42. The molecule has 0 amide bonds. The molecule has 0 radical (unpaired) electrons. The van der Waals surface area contributed by atoms with Crippen molar-refractivity contribution < 1.29 is 14.6 Å². The molecule has 1 aliphatic carbocycles. The largest absolute Gasteiger partial charge is 0.367 e. The predicted octanol–water partition coefficient (Wildman–Crippen LogP) is 1.27. The summed E-state index contributed by atoms with van der Waals surface area (Å²) in [6.45, 7) is 1.88. The smallest absolute Gasteiger partial charge is 0.228 e. The number of hydrogen-bond acceptors (Lipinski definition) is 4. The summed E-state index contributed by atoms with van der Waals surface area (Å²) in [4.78, 5) is 13.5. The lowest BCUT2D eigenvalue weighted by atomic mass is 10.0. The Bertz CT molecular complexity index is 564. The molecule has 1 aromatic rings. The van der Waals surface area contributed by atoms with Gasteiger partial charge in [-0.1, -0.05) is 30.3 Å². The maximum atomic E-state index is 11.5. The number of ether oxygens (including phenoxy) is 1. The van der Waals surface area contributed by atoms with Crippen molar-refractivity contribution in [3.05, 3.63) is 59.8 Å². The maximum absolute atomic E-state index is 11.5. The summed E-state index contributed by atoms with van der Waals surface area (Å²) >= 11 is 0. The molecule has 1 aromatic carbocycles. The highest BCUT2D eigenvalue weighted by Crippen LogP contribution is 2.30. The molecule has 1 unspecified atom stereocenters. The van der Waals surface area contributed by atoms with E-state index in [1.54, 1.807) is 0 Å². The lowest BCUT2D eigenvalue weighted by molar-refractivity contribution is -0.177. The van der Waals surface area contributed by atoms with E-state index in [0.29, 0.717) is 18.8 Å². The van der Waals surface area contributed by atoms with Gasteiger partial charge in [0.05, 0.1) is 12.3 Å². The minimum Gasteiger partial charge on any atom is -0.367 e. The normalized spacial score (nSPS) is 25.4. The lowest BCUT2D eigenvalue weighted by Crippen LogP contribution is -2.50. The van der Waals surface area contributed by atoms with Gasteiger partial charge in [0.1, 0.15) is 0 Å². The highest BCUT2D eigenvalue weighted by atomic mass is 16.6. The van der Waals surface area contributed by atoms with Crippen molar-refractivity contribution in [2.24, 2.45) is 0 Å². The number of nitrogens with zero attached hydrogens (tertiary/aromatic N) is 1. The van der Waals surface area contributed by atoms with Crippen molar-refractivity contribution in [3.8, 4) is 0 Å². The number of ketones is 1. The van der Waals surface area contributed by atoms with Gasteiger partial charge < -0.3 is 14.7 Å². The molecule has 20 heavy (non-hydrogen) atoms. The Labute approximate surface area is 118 Å². The van der Waals surface area contributed by atoms with E-state index in [4.69, 9.17) is 4.74 Å². The van der Waals surface area contributed by atoms with Crippen molar-refractivity contribution in [2.45, 2.75) is 12.2 Å². The van der Waals surface area contributed by atoms with E-state index in [1.165, 1.54) is 23.8 Å². The van der Waals surface area contributed by atoms with E-state index in [1.807, 2.05) is 23.1 Å². The van der Waals surface area contributed by atoms with E-state index in [9.17, 15) is 9.90 Å². The SMILES string of the molecule is O=C1C=CC2(O)OCCN(CCc3ccccc3)C2=C1. The van der Waals surface area contributed by atoms with E-state index in [0.717, 1.165) is 13.0 Å². The van der Waals surface area contributed by atoms with Crippen molar-refractivity contribution in [1.29, 1.82) is 0 Å². The van der Waals surface area contributed by atoms with Crippen molar-refractivity contribution in [1.82, 2.24) is 4.90 Å². The molecule has 4 heteroatoms. The second kappa shape index (κ2) is 5.23. The van der Waals surface area contributed by atoms with Gasteiger partial charge in [-0.3, -0.25) is 4.79 Å². The Balaban J connectivity index is 1.74. The Hall–Kier alpha value is -1.91. The fourth-order valence-electron chi connectivity index (χ4n) is 2.58. The monoisotopic (exact) mass is 271 g/mol. The number of morpholine rings is 1. The van der Waals surface area contributed by atoms with Crippen LogP contribution >= 0.6 is 0 Å². The molecule has 0 saturated carbocycles. The van der Waals surface area contributed by atoms with Crippen LogP contribution in [0.5, 0.6) is 0 Å². The number of allylic oxidation sites excluding steroid dienone is 2. The second-order valence-electron chi connectivity index (χ2n) is 5.03. The van der Waals surface area contributed by atoms with E-state index in [-0.39, 0.29) is 5.78 Å². The van der Waals surface area contributed by atoms with Crippen LogP contribution in [0.4, 0.5) is 0 Å². The van der Waals surface area contributed by atoms with Crippen LogP contribution in [0.3, 0.4) is 0 Å². The molecule has 1 heterocycles. The highest BCUT2D eigenvalue weighted by Gasteiger charge is 2.39.